The number of ketones is 2. The highest BCUT2D eigenvalue weighted by Crippen LogP contribution is 2.38. The molecule has 2 heteroatoms. The summed E-state index contributed by atoms with van der Waals surface area (Å²) in [6.45, 7) is 0. The van der Waals surface area contributed by atoms with Crippen molar-refractivity contribution >= 4 is 76.2 Å². The van der Waals surface area contributed by atoms with Gasteiger partial charge in [-0.15, -0.1) is 0 Å². The number of rotatable bonds is 4. The summed E-state index contributed by atoms with van der Waals surface area (Å²) in [6, 6.07) is 44.5. The lowest BCUT2D eigenvalue weighted by Gasteiger charge is -2.14. The Morgan fingerprint density at radius 2 is 0.667 bits per heavy atom. The Kier molecular flexibility index (Phi) is 4.66. The second kappa shape index (κ2) is 8.45. The zero-order valence-corrected chi connectivity index (χ0v) is 22.5. The molecular formula is C40H22O2. The van der Waals surface area contributed by atoms with Crippen LogP contribution in [0.25, 0.3) is 64.6 Å². The molecule has 0 unspecified atom stereocenters. The maximum Gasteiger partial charge on any atom is 0.193 e. The van der Waals surface area contributed by atoms with Crippen molar-refractivity contribution in [1.29, 1.82) is 0 Å². The third kappa shape index (κ3) is 3.15. The summed E-state index contributed by atoms with van der Waals surface area (Å²) in [5.41, 5.74) is 2.31. The smallest absolute Gasteiger partial charge is 0.193 e. The van der Waals surface area contributed by atoms with Crippen LogP contribution in [0.1, 0.15) is 31.8 Å². The van der Waals surface area contributed by atoms with Gasteiger partial charge in [-0.25, -0.2) is 0 Å². The minimum atomic E-state index is -0.0852. The van der Waals surface area contributed by atoms with Crippen LogP contribution in [0.4, 0.5) is 0 Å². The molecule has 9 aromatic carbocycles. The molecule has 2 nitrogen and oxygen atoms in total. The molecule has 0 aliphatic heterocycles. The minimum absolute atomic E-state index is 0.0852. The Labute approximate surface area is 241 Å². The van der Waals surface area contributed by atoms with Gasteiger partial charge >= 0.3 is 0 Å². The molecule has 0 saturated heterocycles. The number of hydrogen-bond acceptors (Lipinski definition) is 2. The van der Waals surface area contributed by atoms with Gasteiger partial charge in [0, 0.05) is 22.3 Å². The molecule has 0 bridgehead atoms. The van der Waals surface area contributed by atoms with Crippen LogP contribution in [0.15, 0.2) is 133 Å². The molecule has 0 saturated carbocycles. The van der Waals surface area contributed by atoms with Gasteiger partial charge in [-0.3, -0.25) is 9.59 Å². The molecular weight excluding hydrogens is 512 g/mol. The minimum Gasteiger partial charge on any atom is -0.289 e. The molecule has 9 aromatic rings. The third-order valence-corrected chi connectivity index (χ3v) is 8.93. The predicted molar refractivity (Wildman–Crippen MR) is 174 cm³/mol. The van der Waals surface area contributed by atoms with E-state index in [1.807, 2.05) is 30.3 Å². The predicted octanol–water partition coefficient (Wildman–Crippen LogP) is 9.94. The normalized spacial score (nSPS) is 12.0. The van der Waals surface area contributed by atoms with E-state index in [2.05, 4.69) is 84.9 Å². The van der Waals surface area contributed by atoms with E-state index in [4.69, 9.17) is 0 Å². The monoisotopic (exact) mass is 534 g/mol. The zero-order valence-electron chi connectivity index (χ0n) is 22.5. The Balaban J connectivity index is 1.17. The van der Waals surface area contributed by atoms with Gasteiger partial charge in [-0.05, 0) is 82.8 Å². The maximum absolute atomic E-state index is 14.0. The van der Waals surface area contributed by atoms with Gasteiger partial charge in [0.05, 0.1) is 0 Å². The quantitative estimate of drug-likeness (QED) is 0.166. The summed E-state index contributed by atoms with van der Waals surface area (Å²) < 4.78 is 0. The first kappa shape index (κ1) is 23.1. The van der Waals surface area contributed by atoms with Crippen LogP contribution in [0.2, 0.25) is 0 Å². The van der Waals surface area contributed by atoms with E-state index < -0.39 is 0 Å². The average Bonchev–Trinajstić information content (AvgIpc) is 3.05. The lowest BCUT2D eigenvalue weighted by atomic mass is 9.88. The molecule has 42 heavy (non-hydrogen) atoms. The molecule has 0 aliphatic carbocycles. The first-order valence-corrected chi connectivity index (χ1v) is 14.2. The highest BCUT2D eigenvalue weighted by molar-refractivity contribution is 6.30. The molecule has 194 valence electrons. The Morgan fingerprint density at radius 1 is 0.333 bits per heavy atom. The second-order valence-corrected chi connectivity index (χ2v) is 11.2. The van der Waals surface area contributed by atoms with E-state index in [9.17, 15) is 9.59 Å². The molecule has 0 N–H and O–H groups in total. The van der Waals surface area contributed by atoms with Gasteiger partial charge in [-0.1, -0.05) is 115 Å². The van der Waals surface area contributed by atoms with Gasteiger partial charge < -0.3 is 0 Å². The van der Waals surface area contributed by atoms with Gasteiger partial charge in [0.25, 0.3) is 0 Å². The van der Waals surface area contributed by atoms with Crippen molar-refractivity contribution in [3.63, 3.8) is 0 Å². The average molecular weight is 535 g/mol. The lowest BCUT2D eigenvalue weighted by Crippen LogP contribution is -2.07. The van der Waals surface area contributed by atoms with E-state index in [-0.39, 0.29) is 11.6 Å². The molecule has 0 heterocycles. The van der Waals surface area contributed by atoms with Gasteiger partial charge in [0.2, 0.25) is 0 Å². The Hall–Kier alpha value is -5.60. The molecule has 0 fully saturated rings. The molecule has 9 rings (SSSR count). The fourth-order valence-electron chi connectivity index (χ4n) is 6.98. The summed E-state index contributed by atoms with van der Waals surface area (Å²) >= 11 is 0. The molecule has 0 atom stereocenters. The summed E-state index contributed by atoms with van der Waals surface area (Å²) in [5, 5.41) is 13.3. The zero-order chi connectivity index (χ0) is 27.9. The van der Waals surface area contributed by atoms with E-state index in [0.717, 1.165) is 53.9 Å². The fourth-order valence-corrected chi connectivity index (χ4v) is 6.98. The van der Waals surface area contributed by atoms with Crippen molar-refractivity contribution in [2.45, 2.75) is 0 Å². The van der Waals surface area contributed by atoms with E-state index in [0.29, 0.717) is 22.3 Å². The van der Waals surface area contributed by atoms with Crippen LogP contribution in [0.3, 0.4) is 0 Å². The van der Waals surface area contributed by atoms with Crippen LogP contribution in [0, 0.1) is 0 Å². The van der Waals surface area contributed by atoms with Gasteiger partial charge in [-0.2, -0.15) is 0 Å². The van der Waals surface area contributed by atoms with E-state index in [1.54, 1.807) is 18.2 Å². The van der Waals surface area contributed by atoms with Crippen LogP contribution in [-0.4, -0.2) is 11.6 Å². The van der Waals surface area contributed by atoms with Crippen LogP contribution >= 0.6 is 0 Å². The van der Waals surface area contributed by atoms with Crippen molar-refractivity contribution < 1.29 is 9.59 Å². The highest BCUT2D eigenvalue weighted by Gasteiger charge is 2.20. The summed E-state index contributed by atoms with van der Waals surface area (Å²) in [4.78, 5) is 28.1. The van der Waals surface area contributed by atoms with Crippen molar-refractivity contribution in [3.8, 4) is 0 Å². The molecule has 0 radical (unpaired) electrons. The Bertz CT molecular complexity index is 2350. The topological polar surface area (TPSA) is 34.1 Å². The standard InChI is InChI=1S/C40H22O2/c41-39(33-20-16-27-12-10-23-4-1-6-25-14-18-31(33)37(27)35(23)25)29-8-3-9-30(22-29)40(42)34-21-17-28-13-11-24-5-2-7-26-15-19-32(34)38(28)36(24)26/h1-22H. The second-order valence-electron chi connectivity index (χ2n) is 11.2. The van der Waals surface area contributed by atoms with Gasteiger partial charge in [0.1, 0.15) is 0 Å². The molecule has 0 aliphatic rings. The Morgan fingerprint density at radius 3 is 1.10 bits per heavy atom. The number of benzene rings is 9. The van der Waals surface area contributed by atoms with Crippen molar-refractivity contribution in [2.75, 3.05) is 0 Å². The van der Waals surface area contributed by atoms with E-state index >= 15 is 0 Å². The van der Waals surface area contributed by atoms with Crippen molar-refractivity contribution in [1.82, 2.24) is 0 Å². The number of carbonyl (C=O) groups excluding carboxylic acids is 2. The molecule has 0 amide bonds. The van der Waals surface area contributed by atoms with Crippen LogP contribution in [-0.2, 0) is 0 Å². The van der Waals surface area contributed by atoms with Crippen LogP contribution < -0.4 is 0 Å². The van der Waals surface area contributed by atoms with Gasteiger partial charge in [0.15, 0.2) is 11.6 Å². The lowest BCUT2D eigenvalue weighted by molar-refractivity contribution is 0.103. The third-order valence-electron chi connectivity index (χ3n) is 8.93. The van der Waals surface area contributed by atoms with Crippen LogP contribution in [0.5, 0.6) is 0 Å². The maximum atomic E-state index is 14.0. The summed E-state index contributed by atoms with van der Waals surface area (Å²) in [6.07, 6.45) is 0. The fraction of sp³-hybridized carbons (Fsp3) is 0. The molecule has 0 aromatic heterocycles. The highest BCUT2D eigenvalue weighted by atomic mass is 16.1. The van der Waals surface area contributed by atoms with E-state index in [1.165, 1.54) is 10.8 Å². The van der Waals surface area contributed by atoms with Crippen molar-refractivity contribution in [2.24, 2.45) is 0 Å². The first-order valence-electron chi connectivity index (χ1n) is 14.2. The first-order chi connectivity index (χ1) is 20.7. The number of carbonyl (C=O) groups is 2. The van der Waals surface area contributed by atoms with Crippen molar-refractivity contribution in [3.05, 3.63) is 156 Å². The summed E-state index contributed by atoms with van der Waals surface area (Å²) in [5.74, 6) is -0.170. The SMILES string of the molecule is O=C(c1cccc(C(=O)c2ccc3ccc4cccc5ccc2c3c45)c1)c1ccc2ccc3cccc4ccc1c2c34. The number of hydrogen-bond donors (Lipinski definition) is 0. The summed E-state index contributed by atoms with van der Waals surface area (Å²) in [7, 11) is 0. The largest absolute Gasteiger partial charge is 0.289 e. The molecule has 0 spiro atoms.